The number of benzene rings is 2. The van der Waals surface area contributed by atoms with Gasteiger partial charge in [-0.3, -0.25) is 9.98 Å². The van der Waals surface area contributed by atoms with E-state index in [0.717, 1.165) is 41.5 Å². The Hall–Kier alpha value is -2.61. The molecule has 0 saturated carbocycles. The van der Waals surface area contributed by atoms with Gasteiger partial charge in [0.15, 0.2) is 5.96 Å². The zero-order valence-electron chi connectivity index (χ0n) is 16.5. The van der Waals surface area contributed by atoms with Gasteiger partial charge in [0.05, 0.1) is 6.54 Å². The summed E-state index contributed by atoms with van der Waals surface area (Å²) in [4.78, 5) is 8.57. The van der Waals surface area contributed by atoms with E-state index in [0.29, 0.717) is 13.2 Å². The summed E-state index contributed by atoms with van der Waals surface area (Å²) >= 11 is 0. The quantitative estimate of drug-likeness (QED) is 0.210. The van der Waals surface area contributed by atoms with E-state index >= 15 is 0 Å². The number of hydrogen-bond donors (Lipinski definition) is 2. The summed E-state index contributed by atoms with van der Waals surface area (Å²) < 4.78 is 6.00. The summed E-state index contributed by atoms with van der Waals surface area (Å²) in [5.41, 5.74) is 3.31. The number of para-hydroxylation sites is 1. The lowest BCUT2D eigenvalue weighted by Crippen LogP contribution is -2.40. The number of ether oxygens (including phenoxy) is 1. The molecule has 1 aromatic heterocycles. The van der Waals surface area contributed by atoms with Gasteiger partial charge in [-0.2, -0.15) is 0 Å². The summed E-state index contributed by atoms with van der Waals surface area (Å²) in [6.45, 7) is 1.98. The Morgan fingerprint density at radius 3 is 2.38 bits per heavy atom. The molecule has 5 nitrogen and oxygen atoms in total. The zero-order valence-corrected chi connectivity index (χ0v) is 18.9. The van der Waals surface area contributed by atoms with Crippen LogP contribution in [0.15, 0.2) is 84.0 Å². The van der Waals surface area contributed by atoms with Crippen molar-refractivity contribution < 1.29 is 4.74 Å². The van der Waals surface area contributed by atoms with E-state index in [2.05, 4.69) is 38.8 Å². The van der Waals surface area contributed by atoms with Crippen LogP contribution in [0.5, 0.6) is 5.75 Å². The summed E-state index contributed by atoms with van der Waals surface area (Å²) in [6.07, 6.45) is 2.66. The van der Waals surface area contributed by atoms with Crippen LogP contribution in [0.2, 0.25) is 0 Å². The van der Waals surface area contributed by atoms with Crippen LogP contribution < -0.4 is 15.4 Å². The Morgan fingerprint density at radius 1 is 0.897 bits per heavy atom. The average molecular weight is 502 g/mol. The molecular formula is C23H27IN4O. The number of guanidine groups is 1. The number of aromatic nitrogens is 1. The third-order valence-electron chi connectivity index (χ3n) is 4.25. The smallest absolute Gasteiger partial charge is 0.191 e. The molecule has 2 N–H and O–H groups in total. The molecule has 0 unspecified atom stereocenters. The molecule has 0 fully saturated rings. The fourth-order valence-electron chi connectivity index (χ4n) is 2.85. The molecule has 2 aromatic carbocycles. The Kier molecular flexibility index (Phi) is 9.99. The molecule has 3 aromatic rings. The summed E-state index contributed by atoms with van der Waals surface area (Å²) in [6, 6.07) is 24.3. The summed E-state index contributed by atoms with van der Waals surface area (Å²) in [5, 5.41) is 6.58. The molecule has 0 radical (unpaired) electrons. The average Bonchev–Trinajstić information content (AvgIpc) is 2.77. The van der Waals surface area contributed by atoms with Crippen molar-refractivity contribution in [3.63, 3.8) is 0 Å². The fraction of sp³-hybridized carbons (Fsp3) is 0.217. The number of hydrogen-bond acceptors (Lipinski definition) is 3. The summed E-state index contributed by atoms with van der Waals surface area (Å²) in [5.74, 6) is 1.64. The molecule has 0 saturated heterocycles. The third kappa shape index (κ3) is 7.38. The summed E-state index contributed by atoms with van der Waals surface area (Å²) in [7, 11) is 1.77. The van der Waals surface area contributed by atoms with Crippen molar-refractivity contribution in [3.05, 3.63) is 84.7 Å². The zero-order chi connectivity index (χ0) is 19.4. The number of nitrogens with one attached hydrogen (secondary N) is 2. The van der Waals surface area contributed by atoms with Crippen LogP contribution in [0.3, 0.4) is 0 Å². The van der Waals surface area contributed by atoms with Crippen LogP contribution in [-0.2, 0) is 6.42 Å². The number of nitrogens with zero attached hydrogens (tertiary/aromatic N) is 2. The number of aliphatic imine (C=N–C) groups is 1. The van der Waals surface area contributed by atoms with Gasteiger partial charge in [0.1, 0.15) is 12.4 Å². The molecule has 3 rings (SSSR count). The van der Waals surface area contributed by atoms with E-state index in [1.54, 1.807) is 7.05 Å². The monoisotopic (exact) mass is 502 g/mol. The van der Waals surface area contributed by atoms with Gasteiger partial charge in [0.2, 0.25) is 0 Å². The van der Waals surface area contributed by atoms with Crippen molar-refractivity contribution in [2.24, 2.45) is 4.99 Å². The van der Waals surface area contributed by atoms with Crippen LogP contribution in [0.1, 0.15) is 5.69 Å². The van der Waals surface area contributed by atoms with Gasteiger partial charge in [-0.15, -0.1) is 24.0 Å². The van der Waals surface area contributed by atoms with Crippen LogP contribution >= 0.6 is 24.0 Å². The lowest BCUT2D eigenvalue weighted by molar-refractivity contribution is 0.323. The molecule has 1 heterocycles. The van der Waals surface area contributed by atoms with Gasteiger partial charge >= 0.3 is 0 Å². The molecule has 0 amide bonds. The Bertz CT molecular complexity index is 872. The van der Waals surface area contributed by atoms with Crippen LogP contribution in [-0.4, -0.2) is 37.7 Å². The Labute approximate surface area is 189 Å². The van der Waals surface area contributed by atoms with E-state index in [1.807, 2.05) is 60.8 Å². The molecule has 29 heavy (non-hydrogen) atoms. The Balaban J connectivity index is 0.00000300. The van der Waals surface area contributed by atoms with Gasteiger partial charge in [-0.05, 0) is 23.8 Å². The highest BCUT2D eigenvalue weighted by Gasteiger charge is 2.05. The molecule has 0 aliphatic heterocycles. The fourth-order valence-corrected chi connectivity index (χ4v) is 2.85. The van der Waals surface area contributed by atoms with Gasteiger partial charge in [0, 0.05) is 37.5 Å². The minimum absolute atomic E-state index is 0. The topological polar surface area (TPSA) is 58.5 Å². The normalized spacial score (nSPS) is 10.7. The maximum absolute atomic E-state index is 6.00. The van der Waals surface area contributed by atoms with E-state index in [1.165, 1.54) is 0 Å². The number of pyridine rings is 1. The van der Waals surface area contributed by atoms with Gasteiger partial charge in [0.25, 0.3) is 0 Å². The van der Waals surface area contributed by atoms with E-state index in [4.69, 9.17) is 4.74 Å². The van der Waals surface area contributed by atoms with Crippen molar-refractivity contribution >= 4 is 29.9 Å². The van der Waals surface area contributed by atoms with Crippen LogP contribution in [0.25, 0.3) is 11.1 Å². The van der Waals surface area contributed by atoms with Crippen molar-refractivity contribution in [1.82, 2.24) is 15.6 Å². The molecule has 152 valence electrons. The molecule has 0 atom stereocenters. The van der Waals surface area contributed by atoms with E-state index in [9.17, 15) is 0 Å². The molecule has 0 aliphatic rings. The second kappa shape index (κ2) is 12.8. The third-order valence-corrected chi connectivity index (χ3v) is 4.25. The van der Waals surface area contributed by atoms with Crippen molar-refractivity contribution in [1.29, 1.82) is 0 Å². The van der Waals surface area contributed by atoms with Crippen molar-refractivity contribution in [2.45, 2.75) is 6.42 Å². The predicted molar refractivity (Wildman–Crippen MR) is 130 cm³/mol. The lowest BCUT2D eigenvalue weighted by Gasteiger charge is -2.14. The van der Waals surface area contributed by atoms with E-state index < -0.39 is 0 Å². The predicted octanol–water partition coefficient (Wildman–Crippen LogP) is 4.15. The van der Waals surface area contributed by atoms with Gasteiger partial charge in [-0.25, -0.2) is 0 Å². The van der Waals surface area contributed by atoms with Crippen molar-refractivity contribution in [2.75, 3.05) is 26.7 Å². The highest BCUT2D eigenvalue weighted by molar-refractivity contribution is 14.0. The van der Waals surface area contributed by atoms with Crippen LogP contribution in [0, 0.1) is 0 Å². The lowest BCUT2D eigenvalue weighted by atomic mass is 10.1. The van der Waals surface area contributed by atoms with Crippen LogP contribution in [0.4, 0.5) is 0 Å². The highest BCUT2D eigenvalue weighted by Crippen LogP contribution is 2.29. The number of halogens is 1. The minimum Gasteiger partial charge on any atom is -0.491 e. The van der Waals surface area contributed by atoms with Gasteiger partial charge in [-0.1, -0.05) is 54.6 Å². The minimum atomic E-state index is 0. The largest absolute Gasteiger partial charge is 0.491 e. The Morgan fingerprint density at radius 2 is 1.62 bits per heavy atom. The molecular weight excluding hydrogens is 475 g/mol. The molecule has 6 heteroatoms. The van der Waals surface area contributed by atoms with Crippen molar-refractivity contribution in [3.8, 4) is 16.9 Å². The molecule has 0 aliphatic carbocycles. The first-order chi connectivity index (χ1) is 13.9. The first kappa shape index (κ1) is 22.7. The molecule has 0 spiro atoms. The first-order valence-electron chi connectivity index (χ1n) is 9.48. The standard InChI is InChI=1S/C23H26N4O.HI/c1-24-23(26-16-14-20-11-7-8-15-25-20)27-17-18-28-22-13-6-5-12-21(22)19-9-3-2-4-10-19;/h2-13,15H,14,16-18H2,1H3,(H2,24,26,27);1H. The molecule has 0 bridgehead atoms. The van der Waals surface area contributed by atoms with Gasteiger partial charge < -0.3 is 15.4 Å². The maximum atomic E-state index is 6.00. The second-order valence-electron chi connectivity index (χ2n) is 6.21. The highest BCUT2D eigenvalue weighted by atomic mass is 127. The first-order valence-corrected chi connectivity index (χ1v) is 9.48. The maximum Gasteiger partial charge on any atom is 0.191 e. The van der Waals surface area contributed by atoms with E-state index in [-0.39, 0.29) is 24.0 Å². The number of rotatable bonds is 8. The second-order valence-corrected chi connectivity index (χ2v) is 6.21. The SMILES string of the molecule is CN=C(NCCOc1ccccc1-c1ccccc1)NCCc1ccccn1.I.